The molecule has 2 rings (SSSR count). The van der Waals surface area contributed by atoms with Gasteiger partial charge in [-0.2, -0.15) is 0 Å². The third-order valence-corrected chi connectivity index (χ3v) is 6.43. The Morgan fingerprint density at radius 2 is 1.94 bits per heavy atom. The first-order chi connectivity index (χ1) is 14.6. The van der Waals surface area contributed by atoms with Gasteiger partial charge in [0, 0.05) is 23.3 Å². The van der Waals surface area contributed by atoms with Crippen LogP contribution in [-0.4, -0.2) is 45.6 Å². The van der Waals surface area contributed by atoms with Gasteiger partial charge in [-0.15, -0.1) is 0 Å². The summed E-state index contributed by atoms with van der Waals surface area (Å²) < 4.78 is 5.65. The molecule has 31 heavy (non-hydrogen) atoms. The van der Waals surface area contributed by atoms with Crippen molar-refractivity contribution in [1.82, 2.24) is 0 Å². The molecule has 0 spiro atoms. The number of unbranched alkanes of at least 4 members (excludes halogenated alkanes) is 1. The van der Waals surface area contributed by atoms with E-state index in [1.165, 1.54) is 0 Å². The molecule has 1 aromatic carbocycles. The zero-order chi connectivity index (χ0) is 23.2. The first-order valence-electron chi connectivity index (χ1n) is 10.8. The van der Waals surface area contributed by atoms with E-state index in [4.69, 9.17) is 16.3 Å². The highest BCUT2D eigenvalue weighted by molar-refractivity contribution is 6.30. The maximum Gasteiger partial charge on any atom is 0.338 e. The zero-order valence-corrected chi connectivity index (χ0v) is 19.1. The van der Waals surface area contributed by atoms with Crippen molar-refractivity contribution in [2.45, 2.75) is 71.2 Å². The second-order valence-electron chi connectivity index (χ2n) is 9.00. The third-order valence-electron chi connectivity index (χ3n) is 6.10. The smallest absolute Gasteiger partial charge is 0.338 e. The Kier molecular flexibility index (Phi) is 9.10. The average molecular weight is 453 g/mol. The van der Waals surface area contributed by atoms with E-state index in [0.29, 0.717) is 5.56 Å². The van der Waals surface area contributed by atoms with Gasteiger partial charge in [0.2, 0.25) is 0 Å². The standard InChI is InChI=1S/C24H33ClO6/c1-4-5-11-24(2,3)22(29)18(25)12-17-16(13-21(27)28)19(26)14-20(17)31-23(30)15-9-7-6-8-10-15/h6-10,12,16-17,19-20,22,26,29H,4-5,11,13-14H2,1-3H3,(H,27,28)/t16-,17-,19+,20-,22+/m1/s1. The minimum Gasteiger partial charge on any atom is -0.481 e. The number of benzene rings is 1. The molecule has 0 unspecified atom stereocenters. The second kappa shape index (κ2) is 11.1. The zero-order valence-electron chi connectivity index (χ0n) is 18.3. The topological polar surface area (TPSA) is 104 Å². The Bertz CT molecular complexity index is 776. The number of carbonyl (C=O) groups excluding carboxylic acids is 1. The molecule has 1 saturated carbocycles. The highest BCUT2D eigenvalue weighted by atomic mass is 35.5. The van der Waals surface area contributed by atoms with Crippen molar-refractivity contribution in [2.24, 2.45) is 17.3 Å². The fourth-order valence-corrected chi connectivity index (χ4v) is 4.57. The number of carbonyl (C=O) groups is 2. The van der Waals surface area contributed by atoms with Gasteiger partial charge < -0.3 is 20.1 Å². The van der Waals surface area contributed by atoms with Crippen LogP contribution in [0.15, 0.2) is 41.4 Å². The van der Waals surface area contributed by atoms with Crippen molar-refractivity contribution in [1.29, 1.82) is 0 Å². The summed E-state index contributed by atoms with van der Waals surface area (Å²) in [5.74, 6) is -2.90. The molecule has 0 amide bonds. The molecule has 1 fully saturated rings. The van der Waals surface area contributed by atoms with E-state index in [-0.39, 0.29) is 17.9 Å². The number of carboxylic acids is 1. The van der Waals surface area contributed by atoms with Gasteiger partial charge in [0.15, 0.2) is 0 Å². The monoisotopic (exact) mass is 452 g/mol. The molecule has 1 aliphatic carbocycles. The quantitative estimate of drug-likeness (QED) is 0.455. The van der Waals surface area contributed by atoms with Crippen LogP contribution in [0.4, 0.5) is 0 Å². The Morgan fingerprint density at radius 3 is 2.52 bits per heavy atom. The van der Waals surface area contributed by atoms with Crippen molar-refractivity contribution < 1.29 is 29.6 Å². The summed E-state index contributed by atoms with van der Waals surface area (Å²) in [6.45, 7) is 5.92. The lowest BCUT2D eigenvalue weighted by molar-refractivity contribution is -0.139. The Morgan fingerprint density at radius 1 is 1.29 bits per heavy atom. The molecule has 1 aliphatic rings. The van der Waals surface area contributed by atoms with E-state index >= 15 is 0 Å². The molecule has 0 aromatic heterocycles. The number of carboxylic acid groups (broad SMARTS) is 1. The van der Waals surface area contributed by atoms with Gasteiger partial charge in [0.05, 0.1) is 24.2 Å². The van der Waals surface area contributed by atoms with E-state index in [1.807, 2.05) is 13.8 Å². The van der Waals surface area contributed by atoms with Crippen molar-refractivity contribution in [3.8, 4) is 0 Å². The summed E-state index contributed by atoms with van der Waals surface area (Å²) >= 11 is 6.48. The van der Waals surface area contributed by atoms with Gasteiger partial charge in [-0.1, -0.05) is 69.5 Å². The number of hydrogen-bond donors (Lipinski definition) is 3. The maximum absolute atomic E-state index is 12.6. The molecular formula is C24H33ClO6. The van der Waals surface area contributed by atoms with Crippen LogP contribution in [0.2, 0.25) is 0 Å². The number of ether oxygens (including phenoxy) is 1. The fourth-order valence-electron chi connectivity index (χ4n) is 4.13. The predicted molar refractivity (Wildman–Crippen MR) is 119 cm³/mol. The summed E-state index contributed by atoms with van der Waals surface area (Å²) in [6, 6.07) is 8.47. The van der Waals surface area contributed by atoms with Crippen molar-refractivity contribution in [3.63, 3.8) is 0 Å². The lowest BCUT2D eigenvalue weighted by Crippen LogP contribution is -2.31. The van der Waals surface area contributed by atoms with Crippen molar-refractivity contribution in [2.75, 3.05) is 0 Å². The number of aliphatic hydroxyl groups is 2. The molecule has 0 heterocycles. The molecule has 1 aromatic rings. The molecule has 5 atom stereocenters. The van der Waals surface area contributed by atoms with Crippen LogP contribution in [0, 0.1) is 17.3 Å². The van der Waals surface area contributed by atoms with Gasteiger partial charge in [-0.05, 0) is 24.0 Å². The number of hydrogen-bond acceptors (Lipinski definition) is 5. The van der Waals surface area contributed by atoms with Crippen LogP contribution in [0.25, 0.3) is 0 Å². The van der Waals surface area contributed by atoms with Crippen LogP contribution in [-0.2, 0) is 9.53 Å². The predicted octanol–water partition coefficient (Wildman–Crippen LogP) is 4.38. The normalized spacial score (nSPS) is 25.3. The summed E-state index contributed by atoms with van der Waals surface area (Å²) in [6.07, 6.45) is 1.44. The van der Waals surface area contributed by atoms with E-state index in [0.717, 1.165) is 19.3 Å². The van der Waals surface area contributed by atoms with Gasteiger partial charge in [0.25, 0.3) is 0 Å². The van der Waals surface area contributed by atoms with Gasteiger partial charge in [0.1, 0.15) is 6.10 Å². The highest BCUT2D eigenvalue weighted by Crippen LogP contribution is 2.41. The molecule has 7 heteroatoms. The molecule has 6 nitrogen and oxygen atoms in total. The number of halogens is 1. The van der Waals surface area contributed by atoms with E-state index < -0.39 is 47.5 Å². The number of esters is 1. The van der Waals surface area contributed by atoms with Crippen LogP contribution in [0.1, 0.15) is 63.2 Å². The van der Waals surface area contributed by atoms with Crippen molar-refractivity contribution >= 4 is 23.5 Å². The molecule has 0 radical (unpaired) electrons. The Balaban J connectivity index is 2.28. The Labute approximate surface area is 188 Å². The molecule has 0 bridgehead atoms. The van der Waals surface area contributed by atoms with Gasteiger partial charge >= 0.3 is 11.9 Å². The summed E-state index contributed by atoms with van der Waals surface area (Å²) in [5.41, 5.74) is -0.104. The van der Waals surface area contributed by atoms with Gasteiger partial charge in [-0.3, -0.25) is 4.79 Å². The second-order valence-corrected chi connectivity index (χ2v) is 9.43. The fraction of sp³-hybridized carbons (Fsp3) is 0.583. The van der Waals surface area contributed by atoms with Crippen LogP contribution in [0.5, 0.6) is 0 Å². The van der Waals surface area contributed by atoms with Crippen LogP contribution >= 0.6 is 11.6 Å². The number of aliphatic hydroxyl groups excluding tert-OH is 2. The molecule has 0 saturated heterocycles. The van der Waals surface area contributed by atoms with Crippen LogP contribution in [0.3, 0.4) is 0 Å². The van der Waals surface area contributed by atoms with Crippen LogP contribution < -0.4 is 0 Å². The lowest BCUT2D eigenvalue weighted by atomic mass is 9.80. The summed E-state index contributed by atoms with van der Waals surface area (Å²) in [5, 5.41) is 30.8. The largest absolute Gasteiger partial charge is 0.481 e. The minimum atomic E-state index is -1.06. The maximum atomic E-state index is 12.6. The SMILES string of the molecule is CCCCC(C)(C)[C@@H](O)C(Cl)=C[C@@H]1[C@@H](CC(=O)O)[C@@H](O)C[C@H]1OC(=O)c1ccccc1. The minimum absolute atomic E-state index is 0.108. The average Bonchev–Trinajstić information content (AvgIpc) is 3.00. The van der Waals surface area contributed by atoms with E-state index in [2.05, 4.69) is 6.92 Å². The molecular weight excluding hydrogens is 420 g/mol. The van der Waals surface area contributed by atoms with E-state index in [9.17, 15) is 24.9 Å². The molecule has 172 valence electrons. The molecule has 0 aliphatic heterocycles. The molecule has 3 N–H and O–H groups in total. The highest BCUT2D eigenvalue weighted by Gasteiger charge is 2.45. The number of rotatable bonds is 10. The first-order valence-corrected chi connectivity index (χ1v) is 11.2. The summed E-state index contributed by atoms with van der Waals surface area (Å²) in [7, 11) is 0. The van der Waals surface area contributed by atoms with Crippen molar-refractivity contribution in [3.05, 3.63) is 47.0 Å². The Hall–Kier alpha value is -1.89. The first kappa shape index (κ1) is 25.4. The summed E-state index contributed by atoms with van der Waals surface area (Å²) in [4.78, 5) is 23.9. The lowest BCUT2D eigenvalue weighted by Gasteiger charge is -2.31. The van der Waals surface area contributed by atoms with Gasteiger partial charge in [-0.25, -0.2) is 4.79 Å². The van der Waals surface area contributed by atoms with E-state index in [1.54, 1.807) is 36.4 Å². The third kappa shape index (κ3) is 6.79. The number of aliphatic carboxylic acids is 1.